The van der Waals surface area contributed by atoms with Crippen molar-refractivity contribution in [3.63, 3.8) is 0 Å². The highest BCUT2D eigenvalue weighted by Gasteiger charge is 2.33. The van der Waals surface area contributed by atoms with Crippen molar-refractivity contribution >= 4 is 34.3 Å². The summed E-state index contributed by atoms with van der Waals surface area (Å²) in [5, 5.41) is 1.92. The molecule has 0 aliphatic heterocycles. The lowest BCUT2D eigenvalue weighted by Gasteiger charge is -2.30. The van der Waals surface area contributed by atoms with Crippen LogP contribution in [0.15, 0.2) is 72.8 Å². The van der Waals surface area contributed by atoms with Crippen molar-refractivity contribution in [2.45, 2.75) is 39.2 Å². The highest BCUT2D eigenvalue weighted by atomic mass is 35.5. The van der Waals surface area contributed by atoms with Gasteiger partial charge in [0.05, 0.1) is 0 Å². The monoisotopic (exact) mass is 476 g/mol. The minimum absolute atomic E-state index is 0.279. The van der Waals surface area contributed by atoms with Gasteiger partial charge in [-0.15, -0.1) is 0 Å². The van der Waals surface area contributed by atoms with E-state index < -0.39 is 18.0 Å². The van der Waals surface area contributed by atoms with Crippen molar-refractivity contribution in [1.82, 2.24) is 0 Å². The number of carbonyl (C=O) groups is 2. The predicted octanol–water partition coefficient (Wildman–Crippen LogP) is 6.91. The Hall–Kier alpha value is -3.57. The van der Waals surface area contributed by atoms with Crippen molar-refractivity contribution in [2.24, 2.45) is 0 Å². The molecule has 4 rings (SSSR count). The molecular weight excluding hydrogens is 452 g/mol. The number of carbonyl (C=O) groups excluding carboxylic acids is 2. The molecule has 0 N–H and O–H groups in total. The third-order valence-electron chi connectivity index (χ3n) is 5.65. The first kappa shape index (κ1) is 23.6. The van der Waals surface area contributed by atoms with Crippen molar-refractivity contribution in [3.8, 4) is 17.2 Å². The van der Waals surface area contributed by atoms with Crippen LogP contribution in [0.4, 0.5) is 0 Å². The average Bonchev–Trinajstić information content (AvgIpc) is 2.82. The van der Waals surface area contributed by atoms with Crippen molar-refractivity contribution < 1.29 is 23.8 Å². The van der Waals surface area contributed by atoms with Crippen molar-refractivity contribution in [2.75, 3.05) is 0 Å². The van der Waals surface area contributed by atoms with Crippen LogP contribution < -0.4 is 14.2 Å². The molecule has 5 nitrogen and oxygen atoms in total. The van der Waals surface area contributed by atoms with Gasteiger partial charge < -0.3 is 14.2 Å². The molecular formula is C28H25ClO5. The van der Waals surface area contributed by atoms with E-state index in [9.17, 15) is 9.59 Å². The van der Waals surface area contributed by atoms with Crippen LogP contribution in [-0.4, -0.2) is 11.9 Å². The largest absolute Gasteiger partial charge is 0.486 e. The fourth-order valence-corrected chi connectivity index (χ4v) is 4.15. The van der Waals surface area contributed by atoms with E-state index in [4.69, 9.17) is 25.8 Å². The van der Waals surface area contributed by atoms with Crippen molar-refractivity contribution in [1.29, 1.82) is 0 Å². The first-order valence-electron chi connectivity index (χ1n) is 11.0. The number of hydrogen-bond donors (Lipinski definition) is 0. The summed E-state index contributed by atoms with van der Waals surface area (Å²) in [7, 11) is 0. The lowest BCUT2D eigenvalue weighted by atomic mass is 9.85. The van der Waals surface area contributed by atoms with Crippen molar-refractivity contribution in [3.05, 3.63) is 89.0 Å². The SMILES string of the molecule is C=C(C)C(=O)Oc1c2c(c(OC(=O)C(=C)C)c3ccccc13)C(Oc1ccc(Cl)cc1)CCC2. The van der Waals surface area contributed by atoms with E-state index in [1.54, 1.807) is 38.1 Å². The molecule has 0 radical (unpaired) electrons. The standard InChI is InChI=1S/C28H25ClO5/c1-16(2)27(30)33-25-20-8-5-6-9-21(20)26(34-28(31)17(3)4)24-22(25)10-7-11-23(24)32-19-14-12-18(29)13-15-19/h5-6,8-9,12-15,23H,1,3,7,10-11H2,2,4H3. The van der Waals surface area contributed by atoms with Gasteiger partial charge in [-0.1, -0.05) is 49.0 Å². The first-order chi connectivity index (χ1) is 16.3. The third kappa shape index (κ3) is 4.70. The van der Waals surface area contributed by atoms with Gasteiger partial charge in [0.15, 0.2) is 0 Å². The number of ether oxygens (including phenoxy) is 3. The minimum Gasteiger partial charge on any atom is -0.486 e. The molecule has 174 valence electrons. The summed E-state index contributed by atoms with van der Waals surface area (Å²) in [6.45, 7) is 10.6. The number of rotatable bonds is 6. The van der Waals surface area contributed by atoms with Crippen LogP contribution in [-0.2, 0) is 16.0 Å². The van der Waals surface area contributed by atoms with E-state index in [-0.39, 0.29) is 5.57 Å². The molecule has 0 fully saturated rings. The molecule has 34 heavy (non-hydrogen) atoms. The summed E-state index contributed by atoms with van der Waals surface area (Å²) in [5.74, 6) is 0.424. The van der Waals surface area contributed by atoms with Crippen LogP contribution >= 0.6 is 11.6 Å². The minimum atomic E-state index is -0.533. The summed E-state index contributed by atoms with van der Waals surface area (Å²) < 4.78 is 18.1. The van der Waals surface area contributed by atoms with Gasteiger partial charge in [-0.25, -0.2) is 9.59 Å². The van der Waals surface area contributed by atoms with Crippen LogP contribution in [0.5, 0.6) is 17.2 Å². The van der Waals surface area contributed by atoms with E-state index >= 15 is 0 Å². The summed E-state index contributed by atoms with van der Waals surface area (Å²) in [4.78, 5) is 25.2. The zero-order chi connectivity index (χ0) is 24.4. The Kier molecular flexibility index (Phi) is 6.75. The topological polar surface area (TPSA) is 61.8 Å². The molecule has 0 saturated carbocycles. The van der Waals surface area contributed by atoms with Gasteiger partial charge in [0, 0.05) is 38.1 Å². The van der Waals surface area contributed by atoms with E-state index in [0.717, 1.165) is 12.0 Å². The second kappa shape index (κ2) is 9.74. The fourth-order valence-electron chi connectivity index (χ4n) is 4.02. The predicted molar refractivity (Wildman–Crippen MR) is 133 cm³/mol. The van der Waals surface area contributed by atoms with E-state index in [1.165, 1.54) is 0 Å². The summed E-state index contributed by atoms with van der Waals surface area (Å²) in [5.41, 5.74) is 2.05. The smallest absolute Gasteiger partial charge is 0.338 e. The quantitative estimate of drug-likeness (QED) is 0.220. The lowest BCUT2D eigenvalue weighted by Crippen LogP contribution is -2.21. The molecule has 0 saturated heterocycles. The summed E-state index contributed by atoms with van der Waals surface area (Å²) in [6, 6.07) is 14.5. The fraction of sp³-hybridized carbons (Fsp3) is 0.214. The maximum absolute atomic E-state index is 12.6. The number of esters is 2. The zero-order valence-corrected chi connectivity index (χ0v) is 19.9. The summed E-state index contributed by atoms with van der Waals surface area (Å²) in [6.07, 6.45) is 1.70. The molecule has 0 heterocycles. The maximum atomic E-state index is 12.6. The van der Waals surface area contributed by atoms with Crippen LogP contribution in [0.1, 0.15) is 43.9 Å². The van der Waals surface area contributed by atoms with E-state index in [0.29, 0.717) is 57.0 Å². The summed E-state index contributed by atoms with van der Waals surface area (Å²) >= 11 is 6.03. The lowest BCUT2D eigenvalue weighted by molar-refractivity contribution is -0.131. The second-order valence-electron chi connectivity index (χ2n) is 8.39. The molecule has 1 atom stereocenters. The van der Waals surface area contributed by atoms with Gasteiger partial charge >= 0.3 is 11.9 Å². The Labute approximate surface area is 203 Å². The molecule has 0 bridgehead atoms. The number of fused-ring (bicyclic) bond motifs is 2. The van der Waals surface area contributed by atoms with Crippen LogP contribution in [0.25, 0.3) is 10.8 Å². The third-order valence-corrected chi connectivity index (χ3v) is 5.91. The molecule has 6 heteroatoms. The van der Waals surface area contributed by atoms with Gasteiger partial charge in [0.1, 0.15) is 23.4 Å². The second-order valence-corrected chi connectivity index (χ2v) is 8.82. The Bertz CT molecular complexity index is 1310. The van der Waals surface area contributed by atoms with Crippen LogP contribution in [0.2, 0.25) is 5.02 Å². The molecule has 3 aromatic rings. The van der Waals surface area contributed by atoms with Crippen LogP contribution in [0, 0.1) is 0 Å². The van der Waals surface area contributed by atoms with Crippen LogP contribution in [0.3, 0.4) is 0 Å². The van der Waals surface area contributed by atoms with Gasteiger partial charge in [-0.3, -0.25) is 0 Å². The van der Waals surface area contributed by atoms with E-state index in [2.05, 4.69) is 13.2 Å². The number of benzene rings is 3. The Morgan fingerprint density at radius 1 is 0.882 bits per heavy atom. The first-order valence-corrected chi connectivity index (χ1v) is 11.4. The van der Waals surface area contributed by atoms with E-state index in [1.807, 2.05) is 24.3 Å². The van der Waals surface area contributed by atoms with Gasteiger partial charge in [0.25, 0.3) is 0 Å². The average molecular weight is 477 g/mol. The Morgan fingerprint density at radius 2 is 1.44 bits per heavy atom. The molecule has 0 aromatic heterocycles. The highest BCUT2D eigenvalue weighted by molar-refractivity contribution is 6.30. The van der Waals surface area contributed by atoms with Gasteiger partial charge in [-0.05, 0) is 57.4 Å². The molecule has 1 unspecified atom stereocenters. The van der Waals surface area contributed by atoms with Gasteiger partial charge in [-0.2, -0.15) is 0 Å². The Morgan fingerprint density at radius 3 is 2.03 bits per heavy atom. The molecule has 0 spiro atoms. The maximum Gasteiger partial charge on any atom is 0.338 e. The molecule has 1 aliphatic carbocycles. The molecule has 1 aliphatic rings. The molecule has 0 amide bonds. The highest BCUT2D eigenvalue weighted by Crippen LogP contribution is 2.49. The molecule has 3 aromatic carbocycles. The number of halogens is 1. The van der Waals surface area contributed by atoms with Gasteiger partial charge in [0.2, 0.25) is 0 Å². The normalized spacial score (nSPS) is 14.7. The zero-order valence-electron chi connectivity index (χ0n) is 19.2. The Balaban J connectivity index is 1.95. The number of hydrogen-bond acceptors (Lipinski definition) is 5.